The highest BCUT2D eigenvalue weighted by molar-refractivity contribution is 6.38. The molecule has 190 valence electrons. The molecule has 0 amide bonds. The van der Waals surface area contributed by atoms with Crippen molar-refractivity contribution in [2.75, 3.05) is 0 Å². The van der Waals surface area contributed by atoms with Gasteiger partial charge in [0.2, 0.25) is 0 Å². The minimum Gasteiger partial charge on any atom is -0.208 e. The van der Waals surface area contributed by atoms with Gasteiger partial charge in [-0.2, -0.15) is 0 Å². The second kappa shape index (κ2) is 11.1. The molecule has 5 aromatic carbocycles. The smallest absolute Gasteiger partial charge is 0.164 e. The van der Waals surface area contributed by atoms with E-state index in [4.69, 9.17) is 38.2 Å². The molecule has 0 aliphatic carbocycles. The summed E-state index contributed by atoms with van der Waals surface area (Å²) in [5.41, 5.74) is 8.95. The average Bonchev–Trinajstić information content (AvgIpc) is 2.97. The van der Waals surface area contributed by atoms with Gasteiger partial charge < -0.3 is 0 Å². The Morgan fingerprint density at radius 1 is 0.375 bits per heavy atom. The van der Waals surface area contributed by atoms with Gasteiger partial charge in [-0.05, 0) is 58.7 Å². The fraction of sp³-hybridized carbons (Fsp3) is 0. The molecule has 3 nitrogen and oxygen atoms in total. The lowest BCUT2D eigenvalue weighted by Gasteiger charge is -2.12. The second-order valence-corrected chi connectivity index (χ2v) is 10.7. The number of halogens is 2. The van der Waals surface area contributed by atoms with Crippen molar-refractivity contribution in [2.24, 2.45) is 0 Å². The molecule has 0 fully saturated rings. The molecule has 1 aromatic heterocycles. The third-order valence-corrected chi connectivity index (χ3v) is 7.08. The zero-order chi connectivity index (χ0) is 27.6. The third kappa shape index (κ3) is 5.72. The number of rotatable bonds is 5. The summed E-state index contributed by atoms with van der Waals surface area (Å²) in [6, 6.07) is 38.5. The Labute approximate surface area is 245 Å². The van der Waals surface area contributed by atoms with Crippen molar-refractivity contribution >= 4 is 49.8 Å². The van der Waals surface area contributed by atoms with Crippen LogP contribution < -0.4 is 10.9 Å². The summed E-state index contributed by atoms with van der Waals surface area (Å²) in [5, 5.41) is 1.22. The van der Waals surface area contributed by atoms with E-state index in [1.165, 1.54) is 0 Å². The van der Waals surface area contributed by atoms with Gasteiger partial charge in [-0.1, -0.05) is 113 Å². The van der Waals surface area contributed by atoms with E-state index >= 15 is 0 Å². The summed E-state index contributed by atoms with van der Waals surface area (Å²) in [6.07, 6.45) is 0. The van der Waals surface area contributed by atoms with Crippen molar-refractivity contribution in [3.05, 3.63) is 125 Å². The predicted octanol–water partition coefficient (Wildman–Crippen LogP) is 6.03. The first-order valence-corrected chi connectivity index (χ1v) is 13.7. The van der Waals surface area contributed by atoms with E-state index in [-0.39, 0.29) is 0 Å². The summed E-state index contributed by atoms with van der Waals surface area (Å²) in [7, 11) is 4.15. The lowest BCUT2D eigenvalue weighted by Crippen LogP contribution is -2.14. The molecule has 0 N–H and O–H groups in total. The third-order valence-electron chi connectivity index (χ3n) is 6.64. The largest absolute Gasteiger partial charge is 0.208 e. The van der Waals surface area contributed by atoms with Gasteiger partial charge in [0.25, 0.3) is 0 Å². The zero-order valence-electron chi connectivity index (χ0n) is 22.1. The van der Waals surface area contributed by atoms with Crippen molar-refractivity contribution in [3.8, 4) is 56.4 Å². The predicted molar refractivity (Wildman–Crippen MR) is 173 cm³/mol. The van der Waals surface area contributed by atoms with Gasteiger partial charge in [-0.25, -0.2) is 15.0 Å². The Morgan fingerprint density at radius 2 is 0.725 bits per heavy atom. The van der Waals surface area contributed by atoms with E-state index in [2.05, 4.69) is 70.3 Å². The van der Waals surface area contributed by atoms with Crippen LogP contribution in [0.15, 0.2) is 115 Å². The van der Waals surface area contributed by atoms with Gasteiger partial charge >= 0.3 is 0 Å². The topological polar surface area (TPSA) is 38.7 Å². The molecule has 0 spiro atoms. The van der Waals surface area contributed by atoms with Crippen LogP contribution >= 0.6 is 23.2 Å². The van der Waals surface area contributed by atoms with Crippen molar-refractivity contribution < 1.29 is 0 Å². The van der Waals surface area contributed by atoms with Gasteiger partial charge in [0.05, 0.1) is 0 Å². The molecular formula is C33H23B2Cl2N3. The molecule has 0 aliphatic rings. The maximum absolute atomic E-state index is 6.63. The summed E-state index contributed by atoms with van der Waals surface area (Å²) in [5.74, 6) is 1.68. The summed E-state index contributed by atoms with van der Waals surface area (Å²) < 4.78 is 0. The van der Waals surface area contributed by atoms with Crippen molar-refractivity contribution in [1.82, 2.24) is 15.0 Å². The number of nitrogens with zero attached hydrogens (tertiary/aromatic N) is 3. The minimum atomic E-state index is 0.542. The van der Waals surface area contributed by atoms with Gasteiger partial charge in [0, 0.05) is 26.7 Å². The van der Waals surface area contributed by atoms with E-state index in [1.807, 2.05) is 60.7 Å². The van der Waals surface area contributed by atoms with Gasteiger partial charge in [-0.15, -0.1) is 0 Å². The summed E-state index contributed by atoms with van der Waals surface area (Å²) >= 11 is 13.3. The molecule has 0 saturated carbocycles. The minimum absolute atomic E-state index is 0.542. The molecule has 7 heteroatoms. The first-order valence-electron chi connectivity index (χ1n) is 13.0. The standard InChI is InChI=1S/C33H23B2Cl2N3/c34-27-13-26(14-28(35)19-27)33-39-31(24-11-22(15-29(36)17-24)20-7-3-1-4-8-20)38-32(40-33)25-12-23(16-30(37)18-25)21-9-5-2-6-10-21/h1-19H,34-35H2. The van der Waals surface area contributed by atoms with Gasteiger partial charge in [0.15, 0.2) is 17.5 Å². The molecule has 6 aromatic rings. The van der Waals surface area contributed by atoms with Crippen LogP contribution in [-0.4, -0.2) is 30.6 Å². The van der Waals surface area contributed by atoms with Crippen LogP contribution in [-0.2, 0) is 0 Å². The maximum atomic E-state index is 6.63. The summed E-state index contributed by atoms with van der Waals surface area (Å²) in [4.78, 5) is 14.8. The molecule has 0 saturated heterocycles. The quantitative estimate of drug-likeness (QED) is 0.245. The monoisotopic (exact) mass is 553 g/mol. The molecule has 6 rings (SSSR count). The number of aromatic nitrogens is 3. The fourth-order valence-corrected chi connectivity index (χ4v) is 5.37. The lowest BCUT2D eigenvalue weighted by atomic mass is 9.85. The van der Waals surface area contributed by atoms with Crippen molar-refractivity contribution in [2.45, 2.75) is 0 Å². The Balaban J connectivity index is 1.56. The van der Waals surface area contributed by atoms with Crippen molar-refractivity contribution in [3.63, 3.8) is 0 Å². The molecular weight excluding hydrogens is 531 g/mol. The molecule has 1 heterocycles. The molecule has 0 aliphatic heterocycles. The van der Waals surface area contributed by atoms with Crippen LogP contribution in [0.2, 0.25) is 10.0 Å². The molecule has 0 atom stereocenters. The van der Waals surface area contributed by atoms with E-state index in [0.717, 1.165) is 49.9 Å². The first-order chi connectivity index (χ1) is 19.4. The van der Waals surface area contributed by atoms with E-state index in [1.54, 1.807) is 0 Å². The number of hydrogen-bond donors (Lipinski definition) is 0. The van der Waals surface area contributed by atoms with Crippen LogP contribution in [0.3, 0.4) is 0 Å². The average molecular weight is 554 g/mol. The molecule has 0 radical (unpaired) electrons. The second-order valence-electron chi connectivity index (χ2n) is 9.87. The van der Waals surface area contributed by atoms with E-state index in [9.17, 15) is 0 Å². The summed E-state index contributed by atoms with van der Waals surface area (Å²) in [6.45, 7) is 0. The zero-order valence-corrected chi connectivity index (χ0v) is 23.6. The lowest BCUT2D eigenvalue weighted by molar-refractivity contribution is 1.07. The van der Waals surface area contributed by atoms with E-state index < -0.39 is 0 Å². The Morgan fingerprint density at radius 3 is 1.12 bits per heavy atom. The highest BCUT2D eigenvalue weighted by atomic mass is 35.5. The normalized spacial score (nSPS) is 10.9. The number of benzene rings is 5. The van der Waals surface area contributed by atoms with Crippen LogP contribution in [0, 0.1) is 0 Å². The maximum Gasteiger partial charge on any atom is 0.164 e. The molecule has 40 heavy (non-hydrogen) atoms. The Hall–Kier alpha value is -4.18. The van der Waals surface area contributed by atoms with E-state index in [0.29, 0.717) is 27.5 Å². The highest BCUT2D eigenvalue weighted by Gasteiger charge is 2.16. The van der Waals surface area contributed by atoms with Crippen LogP contribution in [0.1, 0.15) is 0 Å². The Kier molecular flexibility index (Phi) is 7.25. The SMILES string of the molecule is Bc1cc(B)cc(-c2nc(-c3cc(Cl)cc(-c4ccccc4)c3)nc(-c3cc(Cl)cc(-c4ccccc4)c3)n2)c1. The molecule has 0 unspecified atom stereocenters. The van der Waals surface area contributed by atoms with Crippen LogP contribution in [0.25, 0.3) is 56.4 Å². The first kappa shape index (κ1) is 26.1. The van der Waals surface area contributed by atoms with Gasteiger partial charge in [-0.3, -0.25) is 0 Å². The van der Waals surface area contributed by atoms with Crippen molar-refractivity contribution in [1.29, 1.82) is 0 Å². The Bertz CT molecular complexity index is 1720. The van der Waals surface area contributed by atoms with Crippen LogP contribution in [0.5, 0.6) is 0 Å². The van der Waals surface area contributed by atoms with Gasteiger partial charge in [0.1, 0.15) is 15.7 Å². The fourth-order valence-electron chi connectivity index (χ4n) is 4.90. The van der Waals surface area contributed by atoms with Crippen LogP contribution in [0.4, 0.5) is 0 Å². The number of hydrogen-bond acceptors (Lipinski definition) is 3. The highest BCUT2D eigenvalue weighted by Crippen LogP contribution is 2.33. The molecule has 0 bridgehead atoms.